The van der Waals surface area contributed by atoms with Crippen molar-refractivity contribution in [3.63, 3.8) is 0 Å². The Balaban J connectivity index is 2.07. The first-order chi connectivity index (χ1) is 13.3. The fourth-order valence-electron chi connectivity index (χ4n) is 2.76. The quantitative estimate of drug-likeness (QED) is 0.567. The van der Waals surface area contributed by atoms with E-state index in [1.165, 1.54) is 12.1 Å². The molecule has 1 aromatic heterocycles. The van der Waals surface area contributed by atoms with Crippen LogP contribution >= 0.6 is 15.9 Å². The standard InChI is InChI=1S/C21H19BrN2O3S/c1-15-6-11-19(28(2,26)27)13-20(15)21(25)24(14-17-5-3-4-12-23-17)18-9-7-16(22)8-10-18/h3-13H,14H2,1-2H3. The van der Waals surface area contributed by atoms with Crippen molar-refractivity contribution >= 4 is 37.4 Å². The van der Waals surface area contributed by atoms with Crippen LogP contribution in [0.3, 0.4) is 0 Å². The van der Waals surface area contributed by atoms with E-state index in [1.54, 1.807) is 24.1 Å². The summed E-state index contributed by atoms with van der Waals surface area (Å²) in [7, 11) is -3.42. The highest BCUT2D eigenvalue weighted by Crippen LogP contribution is 2.24. The molecule has 1 heterocycles. The second-order valence-electron chi connectivity index (χ2n) is 6.44. The zero-order valence-corrected chi connectivity index (χ0v) is 17.9. The second kappa shape index (κ2) is 8.24. The zero-order chi connectivity index (χ0) is 20.3. The maximum atomic E-state index is 13.4. The van der Waals surface area contributed by atoms with Gasteiger partial charge in [-0.2, -0.15) is 0 Å². The average Bonchev–Trinajstić information content (AvgIpc) is 2.67. The van der Waals surface area contributed by atoms with E-state index in [-0.39, 0.29) is 17.3 Å². The Hall–Kier alpha value is -2.51. The van der Waals surface area contributed by atoms with Crippen molar-refractivity contribution in [1.29, 1.82) is 0 Å². The van der Waals surface area contributed by atoms with Gasteiger partial charge in [0, 0.05) is 28.2 Å². The van der Waals surface area contributed by atoms with Crippen molar-refractivity contribution in [1.82, 2.24) is 4.98 Å². The van der Waals surface area contributed by atoms with Crippen LogP contribution in [0.5, 0.6) is 0 Å². The molecule has 0 unspecified atom stereocenters. The lowest BCUT2D eigenvalue weighted by molar-refractivity contribution is 0.0984. The number of hydrogen-bond acceptors (Lipinski definition) is 4. The van der Waals surface area contributed by atoms with Gasteiger partial charge in [0.1, 0.15) is 0 Å². The zero-order valence-electron chi connectivity index (χ0n) is 15.5. The van der Waals surface area contributed by atoms with Gasteiger partial charge in [0.25, 0.3) is 5.91 Å². The van der Waals surface area contributed by atoms with Crippen LogP contribution in [-0.4, -0.2) is 25.6 Å². The molecule has 7 heteroatoms. The Morgan fingerprint density at radius 3 is 2.39 bits per heavy atom. The van der Waals surface area contributed by atoms with Gasteiger partial charge < -0.3 is 4.90 Å². The Morgan fingerprint density at radius 1 is 1.07 bits per heavy atom. The van der Waals surface area contributed by atoms with Crippen LogP contribution in [0.1, 0.15) is 21.6 Å². The van der Waals surface area contributed by atoms with Gasteiger partial charge in [-0.25, -0.2) is 8.42 Å². The monoisotopic (exact) mass is 458 g/mol. The summed E-state index contributed by atoms with van der Waals surface area (Å²) >= 11 is 3.40. The van der Waals surface area contributed by atoms with Gasteiger partial charge in [-0.3, -0.25) is 9.78 Å². The molecule has 5 nitrogen and oxygen atoms in total. The van der Waals surface area contributed by atoms with Gasteiger partial charge in [-0.15, -0.1) is 0 Å². The molecule has 28 heavy (non-hydrogen) atoms. The highest BCUT2D eigenvalue weighted by Gasteiger charge is 2.22. The van der Waals surface area contributed by atoms with Crippen molar-refractivity contribution in [3.8, 4) is 0 Å². The number of carbonyl (C=O) groups excluding carboxylic acids is 1. The van der Waals surface area contributed by atoms with Crippen molar-refractivity contribution in [2.24, 2.45) is 0 Å². The predicted molar refractivity (Wildman–Crippen MR) is 113 cm³/mol. The number of halogens is 1. The lowest BCUT2D eigenvalue weighted by Gasteiger charge is -2.24. The van der Waals surface area contributed by atoms with E-state index in [0.717, 1.165) is 16.4 Å². The molecule has 144 valence electrons. The van der Waals surface area contributed by atoms with Crippen molar-refractivity contribution in [2.45, 2.75) is 18.4 Å². The summed E-state index contributed by atoms with van der Waals surface area (Å²) in [6.45, 7) is 2.06. The molecule has 0 N–H and O–H groups in total. The van der Waals surface area contributed by atoms with Crippen LogP contribution in [0.2, 0.25) is 0 Å². The highest BCUT2D eigenvalue weighted by molar-refractivity contribution is 9.10. The van der Waals surface area contributed by atoms with E-state index in [9.17, 15) is 13.2 Å². The molecule has 3 rings (SSSR count). The third-order valence-corrected chi connectivity index (χ3v) is 5.94. The van der Waals surface area contributed by atoms with Crippen LogP contribution in [-0.2, 0) is 16.4 Å². The molecule has 0 aliphatic rings. The first-order valence-corrected chi connectivity index (χ1v) is 11.2. The average molecular weight is 459 g/mol. The largest absolute Gasteiger partial charge is 0.302 e. The Bertz CT molecular complexity index is 1100. The van der Waals surface area contributed by atoms with Gasteiger partial charge in [0.15, 0.2) is 9.84 Å². The maximum Gasteiger partial charge on any atom is 0.258 e. The first kappa shape index (κ1) is 20.2. The van der Waals surface area contributed by atoms with Gasteiger partial charge in [0.2, 0.25) is 0 Å². The minimum Gasteiger partial charge on any atom is -0.302 e. The maximum absolute atomic E-state index is 13.4. The predicted octanol–water partition coefficient (Wildman–Crippen LogP) is 4.40. The molecule has 0 bridgehead atoms. The van der Waals surface area contributed by atoms with Crippen LogP contribution < -0.4 is 4.90 Å². The summed E-state index contributed by atoms with van der Waals surface area (Å²) in [5.41, 5.74) is 2.49. The normalized spacial score (nSPS) is 11.2. The fourth-order valence-corrected chi connectivity index (χ4v) is 3.67. The molecule has 3 aromatic rings. The van der Waals surface area contributed by atoms with E-state index < -0.39 is 9.84 Å². The molecule has 1 amide bonds. The summed E-state index contributed by atoms with van der Waals surface area (Å²) in [5, 5.41) is 0. The van der Waals surface area contributed by atoms with Gasteiger partial charge >= 0.3 is 0 Å². The number of carbonyl (C=O) groups is 1. The van der Waals surface area contributed by atoms with Gasteiger partial charge in [-0.1, -0.05) is 28.1 Å². The summed E-state index contributed by atoms with van der Waals surface area (Å²) in [6, 6.07) is 17.5. The molecule has 0 radical (unpaired) electrons. The minimum atomic E-state index is -3.42. The van der Waals surface area contributed by atoms with E-state index >= 15 is 0 Å². The number of hydrogen-bond donors (Lipinski definition) is 0. The molecular formula is C21H19BrN2O3S. The van der Waals surface area contributed by atoms with Crippen molar-refractivity contribution in [2.75, 3.05) is 11.2 Å². The number of amides is 1. The molecule has 2 aromatic carbocycles. The van der Waals surface area contributed by atoms with Crippen molar-refractivity contribution in [3.05, 3.63) is 88.2 Å². The molecule has 0 atom stereocenters. The highest BCUT2D eigenvalue weighted by atomic mass is 79.9. The number of nitrogens with zero attached hydrogens (tertiary/aromatic N) is 2. The number of aromatic nitrogens is 1. The number of aryl methyl sites for hydroxylation is 1. The topological polar surface area (TPSA) is 67.3 Å². The summed E-state index contributed by atoms with van der Waals surface area (Å²) < 4.78 is 24.8. The Morgan fingerprint density at radius 2 is 1.79 bits per heavy atom. The van der Waals surface area contributed by atoms with Gasteiger partial charge in [0.05, 0.1) is 17.1 Å². The number of anilines is 1. The van der Waals surface area contributed by atoms with E-state index in [1.807, 2.05) is 42.5 Å². The van der Waals surface area contributed by atoms with Crippen molar-refractivity contribution < 1.29 is 13.2 Å². The number of benzene rings is 2. The molecule has 0 saturated carbocycles. The molecule has 0 saturated heterocycles. The molecule has 0 spiro atoms. The van der Waals surface area contributed by atoms with E-state index in [0.29, 0.717) is 16.8 Å². The Kier molecular flexibility index (Phi) is 5.96. The third-order valence-electron chi connectivity index (χ3n) is 4.30. The lowest BCUT2D eigenvalue weighted by atomic mass is 10.1. The van der Waals surface area contributed by atoms with E-state index in [4.69, 9.17) is 0 Å². The summed E-state index contributed by atoms with van der Waals surface area (Å²) in [4.78, 5) is 19.5. The van der Waals surface area contributed by atoms with Crippen LogP contribution in [0.4, 0.5) is 5.69 Å². The number of sulfone groups is 1. The molecule has 0 aliphatic heterocycles. The van der Waals surface area contributed by atoms with E-state index in [2.05, 4.69) is 20.9 Å². The second-order valence-corrected chi connectivity index (χ2v) is 9.37. The number of rotatable bonds is 5. The SMILES string of the molecule is Cc1ccc(S(C)(=O)=O)cc1C(=O)N(Cc1ccccn1)c1ccc(Br)cc1. The van der Waals surface area contributed by atoms with Crippen LogP contribution in [0, 0.1) is 6.92 Å². The molecular weight excluding hydrogens is 440 g/mol. The van der Waals surface area contributed by atoms with Crippen LogP contribution in [0.25, 0.3) is 0 Å². The van der Waals surface area contributed by atoms with Crippen LogP contribution in [0.15, 0.2) is 76.2 Å². The smallest absolute Gasteiger partial charge is 0.258 e. The fraction of sp³-hybridized carbons (Fsp3) is 0.143. The number of pyridine rings is 1. The lowest BCUT2D eigenvalue weighted by Crippen LogP contribution is -2.31. The molecule has 0 fully saturated rings. The first-order valence-electron chi connectivity index (χ1n) is 8.54. The summed E-state index contributed by atoms with van der Waals surface area (Å²) in [5.74, 6) is -0.282. The summed E-state index contributed by atoms with van der Waals surface area (Å²) in [6.07, 6.45) is 2.81. The Labute approximate surface area is 173 Å². The minimum absolute atomic E-state index is 0.120. The van der Waals surface area contributed by atoms with Gasteiger partial charge in [-0.05, 0) is 61.0 Å². The third kappa shape index (κ3) is 4.66. The molecule has 0 aliphatic carbocycles.